The number of hydrogen-bond donors (Lipinski definition) is 0. The molecule has 0 amide bonds. The van der Waals surface area contributed by atoms with Crippen molar-refractivity contribution >= 4 is 0 Å². The van der Waals surface area contributed by atoms with Crippen molar-refractivity contribution in [3.05, 3.63) is 55.4 Å². The van der Waals surface area contributed by atoms with E-state index in [1.54, 1.807) is 37.2 Å². The molecule has 0 aliphatic heterocycles. The van der Waals surface area contributed by atoms with Crippen LogP contribution in [0.3, 0.4) is 0 Å². The Labute approximate surface area is 71.2 Å². The van der Waals surface area contributed by atoms with Crippen molar-refractivity contribution in [3.8, 4) is 0 Å². The van der Waals surface area contributed by atoms with Crippen LogP contribution in [0.25, 0.3) is 0 Å². The Morgan fingerprint density at radius 1 is 0.417 bits per heavy atom. The van der Waals surface area contributed by atoms with Gasteiger partial charge in [-0.2, -0.15) is 0 Å². The zero-order chi connectivity index (χ0) is 8.49. The summed E-state index contributed by atoms with van der Waals surface area (Å²) in [5.41, 5.74) is 0. The van der Waals surface area contributed by atoms with E-state index in [4.69, 9.17) is 0 Å². The minimum absolute atomic E-state index is 1.64. The summed E-state index contributed by atoms with van der Waals surface area (Å²) in [6.45, 7) is 0. The second kappa shape index (κ2) is 5.97. The summed E-state index contributed by atoms with van der Waals surface area (Å²) in [5, 5.41) is 0. The molecule has 0 saturated carbocycles. The SMILES string of the molecule is c1ccncc1.c1cnccn1. The fourth-order valence-corrected chi connectivity index (χ4v) is 0.566. The molecule has 12 heavy (non-hydrogen) atoms. The summed E-state index contributed by atoms with van der Waals surface area (Å²) in [7, 11) is 0. The van der Waals surface area contributed by atoms with E-state index in [0.717, 1.165) is 0 Å². The first-order valence-electron chi connectivity index (χ1n) is 3.55. The van der Waals surface area contributed by atoms with Gasteiger partial charge in [-0.3, -0.25) is 15.0 Å². The minimum Gasteiger partial charge on any atom is -0.265 e. The summed E-state index contributed by atoms with van der Waals surface area (Å²) in [5.74, 6) is 0. The van der Waals surface area contributed by atoms with Crippen molar-refractivity contribution < 1.29 is 0 Å². The number of hydrogen-bond acceptors (Lipinski definition) is 3. The van der Waals surface area contributed by atoms with Crippen LogP contribution in [0.4, 0.5) is 0 Å². The molecule has 0 radical (unpaired) electrons. The molecule has 3 heteroatoms. The quantitative estimate of drug-likeness (QED) is 0.585. The zero-order valence-corrected chi connectivity index (χ0v) is 6.54. The Kier molecular flexibility index (Phi) is 4.15. The molecule has 0 N–H and O–H groups in total. The lowest BCUT2D eigenvalue weighted by atomic mass is 10.5. The van der Waals surface area contributed by atoms with E-state index in [1.807, 2.05) is 18.2 Å². The molecule has 0 aliphatic rings. The standard InChI is InChI=1S/C5H5N.C4H4N2/c1-2-4-6-5-3-1;1-2-6-4-3-5-1/h1-5H;1-4H. The van der Waals surface area contributed by atoms with Gasteiger partial charge in [0.15, 0.2) is 0 Å². The van der Waals surface area contributed by atoms with Gasteiger partial charge in [-0.05, 0) is 12.1 Å². The monoisotopic (exact) mass is 159 g/mol. The number of nitrogens with zero attached hydrogens (tertiary/aromatic N) is 3. The molecular formula is C9H9N3. The lowest BCUT2D eigenvalue weighted by molar-refractivity contribution is 1.20. The van der Waals surface area contributed by atoms with Crippen LogP contribution in [0, 0.1) is 0 Å². The fourth-order valence-electron chi connectivity index (χ4n) is 0.566. The molecule has 0 unspecified atom stereocenters. The number of pyridine rings is 1. The summed E-state index contributed by atoms with van der Waals surface area (Å²) >= 11 is 0. The molecule has 0 atom stereocenters. The van der Waals surface area contributed by atoms with Gasteiger partial charge in [0.2, 0.25) is 0 Å². The van der Waals surface area contributed by atoms with Crippen molar-refractivity contribution in [1.82, 2.24) is 15.0 Å². The highest BCUT2D eigenvalue weighted by Gasteiger charge is 1.59. The number of rotatable bonds is 0. The topological polar surface area (TPSA) is 38.7 Å². The van der Waals surface area contributed by atoms with Gasteiger partial charge < -0.3 is 0 Å². The average Bonchev–Trinajstić information content (AvgIpc) is 2.24. The first-order valence-corrected chi connectivity index (χ1v) is 3.55. The van der Waals surface area contributed by atoms with Gasteiger partial charge in [0.25, 0.3) is 0 Å². The maximum Gasteiger partial charge on any atom is 0.0451 e. The van der Waals surface area contributed by atoms with Crippen LogP contribution >= 0.6 is 0 Å². The van der Waals surface area contributed by atoms with Gasteiger partial charge in [-0.25, -0.2) is 0 Å². The third-order valence-corrected chi connectivity index (χ3v) is 1.04. The van der Waals surface area contributed by atoms with Gasteiger partial charge in [0.05, 0.1) is 0 Å². The molecule has 3 nitrogen and oxygen atoms in total. The smallest absolute Gasteiger partial charge is 0.0451 e. The third-order valence-electron chi connectivity index (χ3n) is 1.04. The molecule has 2 rings (SSSR count). The molecule has 0 saturated heterocycles. The predicted molar refractivity (Wildman–Crippen MR) is 46.3 cm³/mol. The lowest BCUT2D eigenvalue weighted by Crippen LogP contribution is -1.66. The predicted octanol–water partition coefficient (Wildman–Crippen LogP) is 1.56. The van der Waals surface area contributed by atoms with Crippen LogP contribution in [0.15, 0.2) is 55.4 Å². The van der Waals surface area contributed by atoms with Crippen molar-refractivity contribution in [1.29, 1.82) is 0 Å². The van der Waals surface area contributed by atoms with Crippen molar-refractivity contribution in [2.24, 2.45) is 0 Å². The average molecular weight is 159 g/mol. The molecule has 0 aliphatic carbocycles. The molecule has 2 heterocycles. The third kappa shape index (κ3) is 4.11. The molecule has 2 aromatic heterocycles. The Bertz CT molecular complexity index is 185. The molecule has 0 bridgehead atoms. The van der Waals surface area contributed by atoms with Gasteiger partial charge in [-0.15, -0.1) is 0 Å². The largest absolute Gasteiger partial charge is 0.265 e. The normalized spacial score (nSPS) is 8.00. The van der Waals surface area contributed by atoms with E-state index in [2.05, 4.69) is 15.0 Å². The Morgan fingerprint density at radius 3 is 1.00 bits per heavy atom. The Morgan fingerprint density at radius 2 is 0.833 bits per heavy atom. The zero-order valence-electron chi connectivity index (χ0n) is 6.54. The van der Waals surface area contributed by atoms with E-state index >= 15 is 0 Å². The van der Waals surface area contributed by atoms with Crippen LogP contribution in [0.1, 0.15) is 0 Å². The molecule has 0 spiro atoms. The van der Waals surface area contributed by atoms with E-state index in [-0.39, 0.29) is 0 Å². The Hall–Kier alpha value is -1.77. The van der Waals surface area contributed by atoms with Crippen molar-refractivity contribution in [3.63, 3.8) is 0 Å². The second-order valence-corrected chi connectivity index (χ2v) is 1.92. The van der Waals surface area contributed by atoms with E-state index in [1.165, 1.54) is 0 Å². The first kappa shape index (κ1) is 8.33. The van der Waals surface area contributed by atoms with Crippen LogP contribution < -0.4 is 0 Å². The Balaban J connectivity index is 0.000000120. The fraction of sp³-hybridized carbons (Fsp3) is 0. The maximum absolute atomic E-state index is 3.78. The van der Waals surface area contributed by atoms with Crippen LogP contribution in [-0.2, 0) is 0 Å². The van der Waals surface area contributed by atoms with Gasteiger partial charge in [-0.1, -0.05) is 6.07 Å². The van der Waals surface area contributed by atoms with E-state index in [9.17, 15) is 0 Å². The summed E-state index contributed by atoms with van der Waals surface area (Å²) in [6, 6.07) is 5.72. The van der Waals surface area contributed by atoms with Gasteiger partial charge in [0, 0.05) is 37.2 Å². The van der Waals surface area contributed by atoms with Crippen LogP contribution in [-0.4, -0.2) is 15.0 Å². The first-order chi connectivity index (χ1) is 6.00. The van der Waals surface area contributed by atoms with Crippen molar-refractivity contribution in [2.75, 3.05) is 0 Å². The highest BCUT2D eigenvalue weighted by molar-refractivity contribution is 4.88. The summed E-state index contributed by atoms with van der Waals surface area (Å²) < 4.78 is 0. The lowest BCUT2D eigenvalue weighted by Gasteiger charge is -1.70. The van der Waals surface area contributed by atoms with Gasteiger partial charge in [0.1, 0.15) is 0 Å². The summed E-state index contributed by atoms with van der Waals surface area (Å²) in [6.07, 6.45) is 10.1. The molecule has 0 aromatic carbocycles. The second-order valence-electron chi connectivity index (χ2n) is 1.92. The van der Waals surface area contributed by atoms with Gasteiger partial charge >= 0.3 is 0 Å². The molecule has 60 valence electrons. The summed E-state index contributed by atoms with van der Waals surface area (Å²) in [4.78, 5) is 11.2. The van der Waals surface area contributed by atoms with Crippen LogP contribution in [0.2, 0.25) is 0 Å². The maximum atomic E-state index is 3.78. The van der Waals surface area contributed by atoms with Crippen molar-refractivity contribution in [2.45, 2.75) is 0 Å². The molecule has 2 aromatic rings. The molecule has 0 fully saturated rings. The number of aromatic nitrogens is 3. The molecular weight excluding hydrogens is 150 g/mol. The minimum atomic E-state index is 1.64. The van der Waals surface area contributed by atoms with Crippen LogP contribution in [0.5, 0.6) is 0 Å². The highest BCUT2D eigenvalue weighted by atomic mass is 14.7. The van der Waals surface area contributed by atoms with E-state index in [0.29, 0.717) is 0 Å². The highest BCUT2D eigenvalue weighted by Crippen LogP contribution is 1.73. The van der Waals surface area contributed by atoms with E-state index < -0.39 is 0 Å².